The lowest BCUT2D eigenvalue weighted by Gasteiger charge is -2.08. The Bertz CT molecular complexity index is 327. The normalized spacial score (nSPS) is 10.7. The van der Waals surface area contributed by atoms with Crippen molar-refractivity contribution in [1.29, 1.82) is 0 Å². The van der Waals surface area contributed by atoms with Gasteiger partial charge in [0, 0.05) is 12.8 Å². The Hall–Kier alpha value is -0.790. The molecule has 0 heterocycles. The minimum atomic E-state index is -0.0591. The zero-order valence-electron chi connectivity index (χ0n) is 16.9. The number of carbonyl (C=O) groups excluding carboxylic acids is 1. The van der Waals surface area contributed by atoms with E-state index >= 15 is 0 Å². The van der Waals surface area contributed by atoms with Crippen LogP contribution >= 0.6 is 0 Å². The van der Waals surface area contributed by atoms with E-state index in [1.165, 1.54) is 70.6 Å². The number of rotatable bonds is 16. The van der Waals surface area contributed by atoms with Gasteiger partial charge in [0.2, 0.25) is 0 Å². The molecule has 0 N–H and O–H groups in total. The van der Waals surface area contributed by atoms with Gasteiger partial charge in [-0.15, -0.1) is 0 Å². The van der Waals surface area contributed by atoms with Crippen molar-refractivity contribution >= 4 is 5.97 Å². The molecule has 0 atom stereocenters. The molecule has 0 bridgehead atoms. The van der Waals surface area contributed by atoms with Crippen molar-refractivity contribution in [3.05, 3.63) is 11.3 Å². The molecular weight excluding hydrogens is 296 g/mol. The van der Waals surface area contributed by atoms with E-state index in [9.17, 15) is 4.79 Å². The summed E-state index contributed by atoms with van der Waals surface area (Å²) in [5, 5.41) is 0. The SMILES string of the molecule is CCCCCCCCCCCCCCCC(=O)OC(CC)=C(C)C. The van der Waals surface area contributed by atoms with E-state index in [0.717, 1.165) is 30.6 Å². The smallest absolute Gasteiger partial charge is 0.310 e. The molecule has 2 nitrogen and oxygen atoms in total. The van der Waals surface area contributed by atoms with Gasteiger partial charge in [-0.1, -0.05) is 90.9 Å². The minimum absolute atomic E-state index is 0.0591. The highest BCUT2D eigenvalue weighted by atomic mass is 16.5. The Kier molecular flexibility index (Phi) is 16.5. The highest BCUT2D eigenvalue weighted by Crippen LogP contribution is 2.14. The Balaban J connectivity index is 3.33. The van der Waals surface area contributed by atoms with Gasteiger partial charge in [0.1, 0.15) is 5.76 Å². The summed E-state index contributed by atoms with van der Waals surface area (Å²) in [7, 11) is 0. The van der Waals surface area contributed by atoms with E-state index < -0.39 is 0 Å². The number of unbranched alkanes of at least 4 members (excludes halogenated alkanes) is 12. The van der Waals surface area contributed by atoms with Crippen molar-refractivity contribution in [2.24, 2.45) is 0 Å². The Morgan fingerprint density at radius 1 is 0.667 bits per heavy atom. The van der Waals surface area contributed by atoms with Gasteiger partial charge >= 0.3 is 5.97 Å². The highest BCUT2D eigenvalue weighted by molar-refractivity contribution is 5.70. The third-order valence-corrected chi connectivity index (χ3v) is 4.60. The second-order valence-electron chi connectivity index (χ2n) is 7.24. The number of hydrogen-bond donors (Lipinski definition) is 0. The molecule has 24 heavy (non-hydrogen) atoms. The summed E-state index contributed by atoms with van der Waals surface area (Å²) in [6.07, 6.45) is 18.6. The molecule has 0 rings (SSSR count). The maximum atomic E-state index is 11.8. The first-order valence-corrected chi connectivity index (χ1v) is 10.5. The van der Waals surface area contributed by atoms with Crippen LogP contribution in [-0.2, 0) is 9.53 Å². The van der Waals surface area contributed by atoms with Gasteiger partial charge in [-0.2, -0.15) is 0 Å². The molecule has 0 spiro atoms. The maximum Gasteiger partial charge on any atom is 0.310 e. The highest BCUT2D eigenvalue weighted by Gasteiger charge is 2.06. The van der Waals surface area contributed by atoms with E-state index in [1.54, 1.807) is 0 Å². The summed E-state index contributed by atoms with van der Waals surface area (Å²) in [5.41, 5.74) is 1.11. The molecule has 0 saturated heterocycles. The standard InChI is InChI=1S/C22H42O2/c1-5-7-8-9-10-11-12-13-14-15-16-17-18-19-22(23)24-21(6-2)20(3)4/h5-19H2,1-4H3. The van der Waals surface area contributed by atoms with E-state index in [2.05, 4.69) is 6.92 Å². The van der Waals surface area contributed by atoms with Crippen molar-refractivity contribution in [2.75, 3.05) is 0 Å². The van der Waals surface area contributed by atoms with Gasteiger partial charge in [-0.05, 0) is 25.8 Å². The largest absolute Gasteiger partial charge is 0.431 e. The van der Waals surface area contributed by atoms with Gasteiger partial charge in [0.25, 0.3) is 0 Å². The first-order chi connectivity index (χ1) is 11.6. The fourth-order valence-corrected chi connectivity index (χ4v) is 3.00. The van der Waals surface area contributed by atoms with E-state index in [1.807, 2.05) is 20.8 Å². The van der Waals surface area contributed by atoms with Crippen LogP contribution in [0.4, 0.5) is 0 Å². The van der Waals surface area contributed by atoms with Crippen LogP contribution in [0.5, 0.6) is 0 Å². The summed E-state index contributed by atoms with van der Waals surface area (Å²) in [4.78, 5) is 11.8. The Morgan fingerprint density at radius 2 is 1.08 bits per heavy atom. The fourth-order valence-electron chi connectivity index (χ4n) is 3.00. The number of esters is 1. The van der Waals surface area contributed by atoms with Crippen molar-refractivity contribution in [1.82, 2.24) is 0 Å². The summed E-state index contributed by atoms with van der Waals surface area (Å²) >= 11 is 0. The van der Waals surface area contributed by atoms with Crippen LogP contribution in [0.2, 0.25) is 0 Å². The van der Waals surface area contributed by atoms with Gasteiger partial charge in [0.15, 0.2) is 0 Å². The average molecular weight is 339 g/mol. The lowest BCUT2D eigenvalue weighted by atomic mass is 10.0. The number of allylic oxidation sites excluding steroid dienone is 2. The molecule has 0 saturated carbocycles. The van der Waals surface area contributed by atoms with E-state index in [0.29, 0.717) is 6.42 Å². The predicted octanol–water partition coefficient (Wildman–Crippen LogP) is 7.71. The minimum Gasteiger partial charge on any atom is -0.431 e. The molecule has 0 aliphatic heterocycles. The summed E-state index contributed by atoms with van der Waals surface area (Å²) in [5.74, 6) is 0.783. The van der Waals surface area contributed by atoms with Gasteiger partial charge < -0.3 is 4.74 Å². The van der Waals surface area contributed by atoms with Crippen LogP contribution in [0, 0.1) is 0 Å². The van der Waals surface area contributed by atoms with Gasteiger partial charge in [-0.25, -0.2) is 0 Å². The molecule has 0 amide bonds. The summed E-state index contributed by atoms with van der Waals surface area (Å²) in [6, 6.07) is 0. The van der Waals surface area contributed by atoms with Crippen LogP contribution in [0.1, 0.15) is 124 Å². The van der Waals surface area contributed by atoms with Crippen molar-refractivity contribution in [2.45, 2.75) is 124 Å². The molecule has 0 unspecified atom stereocenters. The summed E-state index contributed by atoms with van der Waals surface area (Å²) < 4.78 is 5.41. The number of ether oxygens (including phenoxy) is 1. The maximum absolute atomic E-state index is 11.8. The molecule has 0 aliphatic rings. The molecule has 142 valence electrons. The van der Waals surface area contributed by atoms with Crippen molar-refractivity contribution in [3.8, 4) is 0 Å². The van der Waals surface area contributed by atoms with Gasteiger partial charge in [0.05, 0.1) is 0 Å². The first kappa shape index (κ1) is 23.2. The second-order valence-corrected chi connectivity index (χ2v) is 7.24. The van der Waals surface area contributed by atoms with E-state index in [4.69, 9.17) is 4.74 Å². The van der Waals surface area contributed by atoms with Crippen molar-refractivity contribution in [3.63, 3.8) is 0 Å². The average Bonchev–Trinajstić information content (AvgIpc) is 2.56. The fraction of sp³-hybridized carbons (Fsp3) is 0.864. The topological polar surface area (TPSA) is 26.3 Å². The molecule has 0 aromatic carbocycles. The van der Waals surface area contributed by atoms with Crippen LogP contribution in [0.3, 0.4) is 0 Å². The third-order valence-electron chi connectivity index (χ3n) is 4.60. The molecule has 0 radical (unpaired) electrons. The molecule has 0 aliphatic carbocycles. The number of carbonyl (C=O) groups is 1. The zero-order chi connectivity index (χ0) is 18.0. The number of hydrogen-bond acceptors (Lipinski definition) is 2. The molecule has 2 heteroatoms. The lowest BCUT2D eigenvalue weighted by Crippen LogP contribution is -2.05. The molecule has 0 aromatic rings. The van der Waals surface area contributed by atoms with Crippen LogP contribution in [0.15, 0.2) is 11.3 Å². The predicted molar refractivity (Wildman–Crippen MR) is 105 cm³/mol. The van der Waals surface area contributed by atoms with Crippen LogP contribution in [0.25, 0.3) is 0 Å². The molecule has 0 fully saturated rings. The quantitative estimate of drug-likeness (QED) is 0.164. The van der Waals surface area contributed by atoms with Gasteiger partial charge in [-0.3, -0.25) is 4.79 Å². The van der Waals surface area contributed by atoms with Crippen molar-refractivity contribution < 1.29 is 9.53 Å². The third kappa shape index (κ3) is 14.8. The zero-order valence-corrected chi connectivity index (χ0v) is 16.9. The Morgan fingerprint density at radius 3 is 1.46 bits per heavy atom. The second kappa shape index (κ2) is 17.0. The van der Waals surface area contributed by atoms with Crippen LogP contribution < -0.4 is 0 Å². The summed E-state index contributed by atoms with van der Waals surface area (Å²) in [6.45, 7) is 8.30. The van der Waals surface area contributed by atoms with Crippen LogP contribution in [-0.4, -0.2) is 5.97 Å². The Labute approximate surface area is 151 Å². The molecule has 0 aromatic heterocycles. The first-order valence-electron chi connectivity index (χ1n) is 10.5. The lowest BCUT2D eigenvalue weighted by molar-refractivity contribution is -0.139. The van der Waals surface area contributed by atoms with E-state index in [-0.39, 0.29) is 5.97 Å². The monoisotopic (exact) mass is 338 g/mol. The molecular formula is C22H42O2.